The number of aliphatic hydroxyl groups is 1. The van der Waals surface area contributed by atoms with Crippen LogP contribution in [0.3, 0.4) is 0 Å². The normalized spacial score (nSPS) is 21.0. The molecule has 2 N–H and O–H groups in total. The van der Waals surface area contributed by atoms with Gasteiger partial charge in [0.25, 0.3) is 0 Å². The fourth-order valence-corrected chi connectivity index (χ4v) is 4.68. The van der Waals surface area contributed by atoms with Crippen LogP contribution in [0.25, 0.3) is 0 Å². The van der Waals surface area contributed by atoms with E-state index in [-0.39, 0.29) is 17.7 Å². The number of Topliss-reactive ketones (excluding diaryl/α,β-unsaturated/α-hetero) is 1. The Morgan fingerprint density at radius 3 is 2.40 bits per heavy atom. The monoisotopic (exact) mass is 408 g/mol. The molecule has 2 aromatic rings. The average molecular weight is 409 g/mol. The minimum Gasteiger partial charge on any atom is -0.392 e. The summed E-state index contributed by atoms with van der Waals surface area (Å²) in [5.41, 5.74) is 5.31. The zero-order valence-corrected chi connectivity index (χ0v) is 18.3. The number of carbonyl (C=O) groups excluding carboxylic acids is 2. The number of nitrogens with zero attached hydrogens (tertiary/aromatic N) is 1. The van der Waals surface area contributed by atoms with Crippen molar-refractivity contribution in [3.63, 3.8) is 0 Å². The molecule has 0 bridgehead atoms. The maximum atomic E-state index is 12.7. The predicted octanol–water partition coefficient (Wildman–Crippen LogP) is 3.88. The third kappa shape index (κ3) is 4.90. The lowest BCUT2D eigenvalue weighted by Crippen LogP contribution is -2.38. The lowest BCUT2D eigenvalue weighted by atomic mass is 9.85. The molecule has 0 aromatic heterocycles. The van der Waals surface area contributed by atoms with Crippen LogP contribution in [0.2, 0.25) is 0 Å². The van der Waals surface area contributed by atoms with Gasteiger partial charge in [-0.2, -0.15) is 0 Å². The fraction of sp³-hybridized carbons (Fsp3) is 0.440. The molecule has 2 amide bonds. The van der Waals surface area contributed by atoms with Crippen molar-refractivity contribution in [2.45, 2.75) is 52.2 Å². The standard InChI is InChI=1S/C25H32N2O3/c1-16-12-17(2)22(18(3)13-16)23-21(28)14-20(24(23)29)10-11-26-25(30)27(4)15-19-8-6-5-7-9-19/h5-9,12-13,20,23-24,29H,10-11,14-15H2,1-4H3,(H,26,30). The van der Waals surface area contributed by atoms with E-state index in [1.807, 2.05) is 51.1 Å². The van der Waals surface area contributed by atoms with Crippen molar-refractivity contribution in [3.05, 3.63) is 70.3 Å². The molecule has 30 heavy (non-hydrogen) atoms. The quantitative estimate of drug-likeness (QED) is 0.762. The first-order valence-corrected chi connectivity index (χ1v) is 10.6. The topological polar surface area (TPSA) is 69.6 Å². The maximum Gasteiger partial charge on any atom is 0.317 e. The molecule has 2 aromatic carbocycles. The minimum atomic E-state index is -0.712. The Kier molecular flexibility index (Phi) is 6.93. The van der Waals surface area contributed by atoms with Gasteiger partial charge in [0.2, 0.25) is 0 Å². The Hall–Kier alpha value is -2.66. The Morgan fingerprint density at radius 2 is 1.77 bits per heavy atom. The predicted molar refractivity (Wildman–Crippen MR) is 118 cm³/mol. The number of hydrogen-bond acceptors (Lipinski definition) is 3. The van der Waals surface area contributed by atoms with Crippen LogP contribution in [-0.4, -0.2) is 41.5 Å². The van der Waals surface area contributed by atoms with E-state index in [2.05, 4.69) is 17.4 Å². The van der Waals surface area contributed by atoms with E-state index in [0.717, 1.165) is 27.8 Å². The van der Waals surface area contributed by atoms with Gasteiger partial charge >= 0.3 is 6.03 Å². The number of aryl methyl sites for hydroxylation is 3. The number of nitrogens with one attached hydrogen (secondary N) is 1. The molecule has 1 aliphatic carbocycles. The Labute approximate surface area is 179 Å². The molecule has 1 fully saturated rings. The van der Waals surface area contributed by atoms with E-state index in [0.29, 0.717) is 25.9 Å². The van der Waals surface area contributed by atoms with Crippen LogP contribution in [0.15, 0.2) is 42.5 Å². The van der Waals surface area contributed by atoms with Crippen LogP contribution in [0.4, 0.5) is 4.79 Å². The summed E-state index contributed by atoms with van der Waals surface area (Å²) >= 11 is 0. The molecular weight excluding hydrogens is 376 g/mol. The van der Waals surface area contributed by atoms with E-state index in [9.17, 15) is 14.7 Å². The molecule has 3 rings (SSSR count). The maximum absolute atomic E-state index is 12.7. The van der Waals surface area contributed by atoms with Crippen LogP contribution in [0.1, 0.15) is 46.6 Å². The van der Waals surface area contributed by atoms with Crippen molar-refractivity contribution in [2.24, 2.45) is 5.92 Å². The van der Waals surface area contributed by atoms with Gasteiger partial charge in [-0.1, -0.05) is 48.0 Å². The van der Waals surface area contributed by atoms with E-state index >= 15 is 0 Å². The van der Waals surface area contributed by atoms with Crippen molar-refractivity contribution in [1.82, 2.24) is 10.2 Å². The molecule has 1 aliphatic rings. The number of hydrogen-bond donors (Lipinski definition) is 2. The summed E-state index contributed by atoms with van der Waals surface area (Å²) < 4.78 is 0. The average Bonchev–Trinajstić information content (AvgIpc) is 2.96. The Balaban J connectivity index is 1.56. The first-order valence-electron chi connectivity index (χ1n) is 10.6. The third-order valence-electron chi connectivity index (χ3n) is 6.08. The van der Waals surface area contributed by atoms with Gasteiger partial charge in [0.05, 0.1) is 12.0 Å². The number of carbonyl (C=O) groups is 2. The summed E-state index contributed by atoms with van der Waals surface area (Å²) in [5.74, 6) is -0.510. The van der Waals surface area contributed by atoms with Crippen molar-refractivity contribution in [1.29, 1.82) is 0 Å². The zero-order valence-electron chi connectivity index (χ0n) is 18.3. The number of urea groups is 1. The van der Waals surface area contributed by atoms with E-state index in [1.165, 1.54) is 0 Å². The van der Waals surface area contributed by atoms with Crippen molar-refractivity contribution in [3.8, 4) is 0 Å². The molecule has 0 heterocycles. The fourth-order valence-electron chi connectivity index (χ4n) is 4.68. The first-order chi connectivity index (χ1) is 14.3. The Morgan fingerprint density at radius 1 is 1.13 bits per heavy atom. The second-order valence-electron chi connectivity index (χ2n) is 8.57. The van der Waals surface area contributed by atoms with Crippen LogP contribution >= 0.6 is 0 Å². The van der Waals surface area contributed by atoms with E-state index in [1.54, 1.807) is 11.9 Å². The van der Waals surface area contributed by atoms with E-state index < -0.39 is 12.0 Å². The van der Waals surface area contributed by atoms with Gasteiger partial charge in [-0.05, 0) is 55.4 Å². The van der Waals surface area contributed by atoms with Crippen LogP contribution in [0, 0.1) is 26.7 Å². The second kappa shape index (κ2) is 9.43. The second-order valence-corrected chi connectivity index (χ2v) is 8.57. The van der Waals surface area contributed by atoms with Crippen LogP contribution in [-0.2, 0) is 11.3 Å². The van der Waals surface area contributed by atoms with Crippen molar-refractivity contribution in [2.75, 3.05) is 13.6 Å². The number of rotatable bonds is 6. The van der Waals surface area contributed by atoms with Gasteiger partial charge in [0.1, 0.15) is 5.78 Å². The van der Waals surface area contributed by atoms with Crippen LogP contribution in [0.5, 0.6) is 0 Å². The van der Waals surface area contributed by atoms with Gasteiger partial charge in [-0.25, -0.2) is 4.79 Å². The third-order valence-corrected chi connectivity index (χ3v) is 6.08. The lowest BCUT2D eigenvalue weighted by Gasteiger charge is -2.23. The van der Waals surface area contributed by atoms with Crippen LogP contribution < -0.4 is 5.32 Å². The van der Waals surface area contributed by atoms with Gasteiger partial charge in [-0.15, -0.1) is 0 Å². The zero-order chi connectivity index (χ0) is 21.8. The largest absolute Gasteiger partial charge is 0.392 e. The highest BCUT2D eigenvalue weighted by Crippen LogP contribution is 2.40. The summed E-state index contributed by atoms with van der Waals surface area (Å²) in [7, 11) is 1.76. The lowest BCUT2D eigenvalue weighted by molar-refractivity contribution is -0.119. The molecule has 0 radical (unpaired) electrons. The number of ketones is 1. The highest BCUT2D eigenvalue weighted by atomic mass is 16.3. The summed E-state index contributed by atoms with van der Waals surface area (Å²) in [6.45, 7) is 7.02. The van der Waals surface area contributed by atoms with Gasteiger partial charge < -0.3 is 15.3 Å². The molecule has 3 unspecified atom stereocenters. The first kappa shape index (κ1) is 22.0. The highest BCUT2D eigenvalue weighted by molar-refractivity contribution is 5.90. The smallest absolute Gasteiger partial charge is 0.317 e. The van der Waals surface area contributed by atoms with Crippen molar-refractivity contribution >= 4 is 11.8 Å². The SMILES string of the molecule is Cc1cc(C)c(C2C(=O)CC(CCNC(=O)N(C)Cc3ccccc3)C2O)c(C)c1. The number of benzene rings is 2. The number of amides is 2. The molecule has 0 saturated heterocycles. The summed E-state index contributed by atoms with van der Waals surface area (Å²) in [6.07, 6.45) is 0.226. The summed E-state index contributed by atoms with van der Waals surface area (Å²) in [6, 6.07) is 13.8. The van der Waals surface area contributed by atoms with Gasteiger partial charge in [-0.3, -0.25) is 4.79 Å². The van der Waals surface area contributed by atoms with E-state index in [4.69, 9.17) is 0 Å². The number of aliphatic hydroxyl groups excluding tert-OH is 1. The molecule has 3 atom stereocenters. The Bertz CT molecular complexity index is 887. The van der Waals surface area contributed by atoms with Crippen molar-refractivity contribution < 1.29 is 14.7 Å². The van der Waals surface area contributed by atoms with Gasteiger partial charge in [0.15, 0.2) is 0 Å². The molecule has 5 nitrogen and oxygen atoms in total. The minimum absolute atomic E-state index is 0.0927. The molecule has 0 aliphatic heterocycles. The molecule has 0 spiro atoms. The molecular formula is C25H32N2O3. The summed E-state index contributed by atoms with van der Waals surface area (Å²) in [5, 5.41) is 13.8. The summed E-state index contributed by atoms with van der Waals surface area (Å²) in [4.78, 5) is 26.7. The van der Waals surface area contributed by atoms with Gasteiger partial charge in [0, 0.05) is 26.6 Å². The molecule has 160 valence electrons. The highest BCUT2D eigenvalue weighted by Gasteiger charge is 2.43. The molecule has 5 heteroatoms. The molecule has 1 saturated carbocycles.